The minimum atomic E-state index is -0.385. The molecule has 0 spiro atoms. The van der Waals surface area contributed by atoms with Gasteiger partial charge in [0.2, 0.25) is 17.7 Å². The van der Waals surface area contributed by atoms with Crippen molar-refractivity contribution in [3.05, 3.63) is 107 Å². The van der Waals surface area contributed by atoms with Crippen molar-refractivity contribution < 1.29 is 9.21 Å². The number of rotatable bonds is 7. The topological polar surface area (TPSA) is 59.2 Å². The zero-order valence-electron chi connectivity index (χ0n) is 17.4. The van der Waals surface area contributed by atoms with Crippen molar-refractivity contribution >= 4 is 17.5 Å². The fourth-order valence-electron chi connectivity index (χ4n) is 3.91. The second-order valence-electron chi connectivity index (χ2n) is 7.93. The molecule has 5 rings (SSSR count). The third kappa shape index (κ3) is 4.30. The lowest BCUT2D eigenvalue weighted by molar-refractivity contribution is -0.133. The van der Waals surface area contributed by atoms with Crippen molar-refractivity contribution in [2.24, 2.45) is 0 Å². The SMILES string of the molecule is O=C(C(c1ccccc1)c1ccccc1)N(Cc1nnc(-c2ccccc2Cl)o1)C1CC1. The van der Waals surface area contributed by atoms with E-state index in [4.69, 9.17) is 16.0 Å². The second kappa shape index (κ2) is 8.97. The molecule has 3 aromatic carbocycles. The quantitative estimate of drug-likeness (QED) is 0.367. The van der Waals surface area contributed by atoms with Gasteiger partial charge in [-0.3, -0.25) is 4.79 Å². The van der Waals surface area contributed by atoms with Crippen LogP contribution in [0.2, 0.25) is 5.02 Å². The van der Waals surface area contributed by atoms with E-state index >= 15 is 0 Å². The number of carbonyl (C=O) groups is 1. The van der Waals surface area contributed by atoms with Crippen LogP contribution in [0.3, 0.4) is 0 Å². The predicted molar refractivity (Wildman–Crippen MR) is 123 cm³/mol. The molecule has 0 bridgehead atoms. The maximum atomic E-state index is 13.9. The third-order valence-electron chi connectivity index (χ3n) is 5.66. The number of hydrogen-bond acceptors (Lipinski definition) is 4. The minimum Gasteiger partial charge on any atom is -0.419 e. The molecule has 0 aliphatic heterocycles. The van der Waals surface area contributed by atoms with Crippen molar-refractivity contribution in [3.63, 3.8) is 0 Å². The van der Waals surface area contributed by atoms with Crippen molar-refractivity contribution in [2.45, 2.75) is 31.3 Å². The lowest BCUT2D eigenvalue weighted by Crippen LogP contribution is -2.37. The molecule has 1 fully saturated rings. The van der Waals surface area contributed by atoms with Crippen LogP contribution in [0.15, 0.2) is 89.3 Å². The Morgan fingerprint density at radius 3 is 2.09 bits per heavy atom. The summed E-state index contributed by atoms with van der Waals surface area (Å²) in [6, 6.07) is 27.3. The normalized spacial score (nSPS) is 13.3. The van der Waals surface area contributed by atoms with Crippen LogP contribution < -0.4 is 0 Å². The van der Waals surface area contributed by atoms with Crippen LogP contribution in [0.25, 0.3) is 11.5 Å². The monoisotopic (exact) mass is 443 g/mol. The van der Waals surface area contributed by atoms with Gasteiger partial charge in [-0.1, -0.05) is 84.4 Å². The van der Waals surface area contributed by atoms with Gasteiger partial charge in [-0.05, 0) is 36.1 Å². The summed E-state index contributed by atoms with van der Waals surface area (Å²) < 4.78 is 5.90. The zero-order valence-corrected chi connectivity index (χ0v) is 18.2. The zero-order chi connectivity index (χ0) is 21.9. The molecule has 1 aliphatic carbocycles. The molecule has 0 saturated heterocycles. The molecule has 160 valence electrons. The molecule has 6 heteroatoms. The van der Waals surface area contributed by atoms with E-state index in [1.807, 2.05) is 83.8 Å². The van der Waals surface area contributed by atoms with E-state index in [-0.39, 0.29) is 24.4 Å². The molecule has 1 aromatic heterocycles. The summed E-state index contributed by atoms with van der Waals surface area (Å²) in [4.78, 5) is 15.8. The number of benzene rings is 3. The first-order valence-electron chi connectivity index (χ1n) is 10.7. The van der Waals surface area contributed by atoms with E-state index in [1.165, 1.54) is 0 Å². The Balaban J connectivity index is 1.45. The van der Waals surface area contributed by atoms with Crippen molar-refractivity contribution in [2.75, 3.05) is 0 Å². The molecule has 32 heavy (non-hydrogen) atoms. The Kier molecular flexibility index (Phi) is 5.73. The van der Waals surface area contributed by atoms with Crippen LogP contribution in [0.1, 0.15) is 35.8 Å². The smallest absolute Gasteiger partial charge is 0.249 e. The lowest BCUT2D eigenvalue weighted by Gasteiger charge is -2.27. The number of amides is 1. The number of halogens is 1. The lowest BCUT2D eigenvalue weighted by atomic mass is 9.90. The summed E-state index contributed by atoms with van der Waals surface area (Å²) in [7, 11) is 0. The van der Waals surface area contributed by atoms with Crippen LogP contribution in [-0.2, 0) is 11.3 Å². The highest BCUT2D eigenvalue weighted by Gasteiger charge is 2.38. The molecule has 0 radical (unpaired) electrons. The fourth-order valence-corrected chi connectivity index (χ4v) is 4.13. The number of aromatic nitrogens is 2. The van der Waals surface area contributed by atoms with Gasteiger partial charge in [-0.2, -0.15) is 0 Å². The first kappa shape index (κ1) is 20.5. The molecular weight excluding hydrogens is 422 g/mol. The first-order chi connectivity index (χ1) is 15.7. The van der Waals surface area contributed by atoms with Crippen LogP contribution in [0, 0.1) is 0 Å². The van der Waals surface area contributed by atoms with E-state index < -0.39 is 0 Å². The molecule has 1 amide bonds. The maximum Gasteiger partial charge on any atom is 0.249 e. The van der Waals surface area contributed by atoms with Crippen LogP contribution in [-0.4, -0.2) is 27.0 Å². The largest absolute Gasteiger partial charge is 0.419 e. The summed E-state index contributed by atoms with van der Waals surface area (Å²) >= 11 is 6.27. The second-order valence-corrected chi connectivity index (χ2v) is 8.34. The van der Waals surface area contributed by atoms with Gasteiger partial charge in [0.25, 0.3) is 0 Å². The maximum absolute atomic E-state index is 13.9. The van der Waals surface area contributed by atoms with Gasteiger partial charge in [0, 0.05) is 6.04 Å². The number of carbonyl (C=O) groups excluding carboxylic acids is 1. The average Bonchev–Trinajstić information content (AvgIpc) is 3.57. The fraction of sp³-hybridized carbons (Fsp3) is 0.192. The van der Waals surface area contributed by atoms with E-state index in [0.29, 0.717) is 22.4 Å². The van der Waals surface area contributed by atoms with Crippen molar-refractivity contribution in [1.29, 1.82) is 0 Å². The van der Waals surface area contributed by atoms with Gasteiger partial charge < -0.3 is 9.32 Å². The molecule has 1 heterocycles. The van der Waals surface area contributed by atoms with E-state index in [0.717, 1.165) is 24.0 Å². The molecule has 0 N–H and O–H groups in total. The summed E-state index contributed by atoms with van der Waals surface area (Å²) in [5.41, 5.74) is 2.62. The predicted octanol–water partition coefficient (Wildman–Crippen LogP) is 5.71. The summed E-state index contributed by atoms with van der Waals surface area (Å²) in [6.45, 7) is 0.275. The molecule has 5 nitrogen and oxygen atoms in total. The Morgan fingerprint density at radius 1 is 0.906 bits per heavy atom. The summed E-state index contributed by atoms with van der Waals surface area (Å²) in [6.07, 6.45) is 1.96. The average molecular weight is 444 g/mol. The Bertz CT molecular complexity index is 1170. The highest BCUT2D eigenvalue weighted by atomic mass is 35.5. The van der Waals surface area contributed by atoms with E-state index in [1.54, 1.807) is 6.07 Å². The van der Waals surface area contributed by atoms with Crippen LogP contribution >= 0.6 is 11.6 Å². The molecule has 1 aliphatic rings. The van der Waals surface area contributed by atoms with Gasteiger partial charge in [0.1, 0.15) is 0 Å². The summed E-state index contributed by atoms with van der Waals surface area (Å²) in [5, 5.41) is 8.91. The van der Waals surface area contributed by atoms with Gasteiger partial charge in [0.15, 0.2) is 0 Å². The highest BCUT2D eigenvalue weighted by molar-refractivity contribution is 6.33. The standard InChI is InChI=1S/C26H22ClN3O2/c27-22-14-8-7-13-21(22)25-29-28-23(32-25)17-30(20-15-16-20)26(31)24(18-9-3-1-4-10-18)19-11-5-2-6-12-19/h1-14,20,24H,15-17H2. The third-order valence-corrected chi connectivity index (χ3v) is 5.99. The molecular formula is C26H22ClN3O2. The molecule has 0 unspecified atom stereocenters. The minimum absolute atomic E-state index is 0.0439. The van der Waals surface area contributed by atoms with Crippen LogP contribution in [0.4, 0.5) is 0 Å². The van der Waals surface area contributed by atoms with Crippen molar-refractivity contribution in [1.82, 2.24) is 15.1 Å². The Labute approximate surface area is 191 Å². The highest BCUT2D eigenvalue weighted by Crippen LogP contribution is 2.35. The van der Waals surface area contributed by atoms with Crippen LogP contribution in [0.5, 0.6) is 0 Å². The van der Waals surface area contributed by atoms with Gasteiger partial charge in [0.05, 0.1) is 23.0 Å². The van der Waals surface area contributed by atoms with E-state index in [2.05, 4.69) is 10.2 Å². The van der Waals surface area contributed by atoms with Gasteiger partial charge in [-0.25, -0.2) is 0 Å². The van der Waals surface area contributed by atoms with Crippen molar-refractivity contribution in [3.8, 4) is 11.5 Å². The van der Waals surface area contributed by atoms with Gasteiger partial charge in [-0.15, -0.1) is 10.2 Å². The first-order valence-corrected chi connectivity index (χ1v) is 11.1. The molecule has 1 saturated carbocycles. The Hall–Kier alpha value is -3.44. The Morgan fingerprint density at radius 2 is 1.50 bits per heavy atom. The van der Waals surface area contributed by atoms with E-state index in [9.17, 15) is 4.79 Å². The number of hydrogen-bond donors (Lipinski definition) is 0. The molecule has 0 atom stereocenters. The molecule has 4 aromatic rings. The number of nitrogens with zero attached hydrogens (tertiary/aromatic N) is 3. The summed E-state index contributed by atoms with van der Waals surface area (Å²) in [5.74, 6) is 0.419. The van der Waals surface area contributed by atoms with Gasteiger partial charge >= 0.3 is 0 Å².